The van der Waals surface area contributed by atoms with E-state index in [1.165, 1.54) is 0 Å². The molecule has 1 aliphatic rings. The summed E-state index contributed by atoms with van der Waals surface area (Å²) in [7, 11) is 0. The standard InChI is InChI=1S/C9H17NO3/c1-7(11)6-10-9(8(12)13)4-2-3-5-9/h7,10-11H,2-6H2,1H3,(H,12,13). The van der Waals surface area contributed by atoms with Crippen LogP contribution >= 0.6 is 0 Å². The predicted octanol–water partition coefficient (Wildman–Crippen LogP) is 0.354. The van der Waals surface area contributed by atoms with Crippen LogP contribution < -0.4 is 5.32 Å². The van der Waals surface area contributed by atoms with Crippen LogP contribution in [-0.4, -0.2) is 34.4 Å². The summed E-state index contributed by atoms with van der Waals surface area (Å²) in [5.41, 5.74) is -0.767. The number of carbonyl (C=O) groups is 1. The van der Waals surface area contributed by atoms with Gasteiger partial charge in [0.2, 0.25) is 0 Å². The van der Waals surface area contributed by atoms with Crippen molar-refractivity contribution in [2.24, 2.45) is 0 Å². The fraction of sp³-hybridized carbons (Fsp3) is 0.889. The lowest BCUT2D eigenvalue weighted by atomic mass is 9.98. The molecule has 13 heavy (non-hydrogen) atoms. The third-order valence-electron chi connectivity index (χ3n) is 2.60. The summed E-state index contributed by atoms with van der Waals surface area (Å²) >= 11 is 0. The van der Waals surface area contributed by atoms with Crippen molar-refractivity contribution in [1.29, 1.82) is 0 Å². The first-order chi connectivity index (χ1) is 6.07. The molecule has 1 saturated carbocycles. The van der Waals surface area contributed by atoms with E-state index in [4.69, 9.17) is 10.2 Å². The molecule has 1 rings (SSSR count). The molecular weight excluding hydrogens is 170 g/mol. The summed E-state index contributed by atoms with van der Waals surface area (Å²) in [5, 5.41) is 21.0. The van der Waals surface area contributed by atoms with Crippen LogP contribution in [0.25, 0.3) is 0 Å². The molecule has 1 aliphatic carbocycles. The molecule has 0 aliphatic heterocycles. The van der Waals surface area contributed by atoms with Crippen LogP contribution in [0.1, 0.15) is 32.6 Å². The molecule has 0 spiro atoms. The second kappa shape index (κ2) is 4.07. The number of carboxylic acids is 1. The Hall–Kier alpha value is -0.610. The third kappa shape index (κ3) is 2.42. The van der Waals surface area contributed by atoms with Gasteiger partial charge in [0, 0.05) is 6.54 Å². The molecule has 0 amide bonds. The highest BCUT2D eigenvalue weighted by atomic mass is 16.4. The van der Waals surface area contributed by atoms with Crippen molar-refractivity contribution < 1.29 is 15.0 Å². The van der Waals surface area contributed by atoms with Crippen molar-refractivity contribution in [3.8, 4) is 0 Å². The Labute approximate surface area is 78.0 Å². The van der Waals surface area contributed by atoms with E-state index in [0.29, 0.717) is 19.4 Å². The van der Waals surface area contributed by atoms with Crippen molar-refractivity contribution in [2.75, 3.05) is 6.54 Å². The highest BCUT2D eigenvalue weighted by Gasteiger charge is 2.40. The Kier molecular flexibility index (Phi) is 3.27. The Morgan fingerprint density at radius 2 is 2.08 bits per heavy atom. The molecule has 4 nitrogen and oxygen atoms in total. The largest absolute Gasteiger partial charge is 0.480 e. The van der Waals surface area contributed by atoms with Crippen LogP contribution in [0.5, 0.6) is 0 Å². The lowest BCUT2D eigenvalue weighted by molar-refractivity contribution is -0.144. The molecule has 0 heterocycles. The Morgan fingerprint density at radius 1 is 1.54 bits per heavy atom. The van der Waals surface area contributed by atoms with Crippen molar-refractivity contribution in [2.45, 2.75) is 44.2 Å². The van der Waals surface area contributed by atoms with E-state index in [1.54, 1.807) is 6.92 Å². The molecule has 1 fully saturated rings. The van der Waals surface area contributed by atoms with Gasteiger partial charge in [-0.05, 0) is 19.8 Å². The van der Waals surface area contributed by atoms with Crippen molar-refractivity contribution in [3.63, 3.8) is 0 Å². The first kappa shape index (κ1) is 10.5. The topological polar surface area (TPSA) is 69.6 Å². The molecule has 0 bridgehead atoms. The molecule has 1 atom stereocenters. The van der Waals surface area contributed by atoms with Gasteiger partial charge in [-0.15, -0.1) is 0 Å². The molecule has 0 aromatic carbocycles. The second-order valence-corrected chi connectivity index (χ2v) is 3.82. The van der Waals surface area contributed by atoms with Crippen LogP contribution in [-0.2, 0) is 4.79 Å². The number of aliphatic hydroxyl groups excluding tert-OH is 1. The van der Waals surface area contributed by atoms with Gasteiger partial charge in [-0.1, -0.05) is 12.8 Å². The van der Waals surface area contributed by atoms with Gasteiger partial charge >= 0.3 is 5.97 Å². The first-order valence-electron chi connectivity index (χ1n) is 4.73. The van der Waals surface area contributed by atoms with Gasteiger partial charge < -0.3 is 10.2 Å². The lowest BCUT2D eigenvalue weighted by Crippen LogP contribution is -2.51. The van der Waals surface area contributed by atoms with Crippen LogP contribution in [0, 0.1) is 0 Å². The summed E-state index contributed by atoms with van der Waals surface area (Å²) in [6.45, 7) is 2.00. The van der Waals surface area contributed by atoms with E-state index >= 15 is 0 Å². The molecule has 0 radical (unpaired) electrons. The van der Waals surface area contributed by atoms with Crippen LogP contribution in [0.2, 0.25) is 0 Å². The number of nitrogens with one attached hydrogen (secondary N) is 1. The molecule has 76 valence electrons. The van der Waals surface area contributed by atoms with Crippen molar-refractivity contribution in [1.82, 2.24) is 5.32 Å². The van der Waals surface area contributed by atoms with E-state index in [-0.39, 0.29) is 0 Å². The van der Waals surface area contributed by atoms with Crippen molar-refractivity contribution >= 4 is 5.97 Å². The highest BCUT2D eigenvalue weighted by Crippen LogP contribution is 2.29. The predicted molar refractivity (Wildman–Crippen MR) is 48.5 cm³/mol. The number of carboxylic acid groups (broad SMARTS) is 1. The van der Waals surface area contributed by atoms with Gasteiger partial charge in [0.15, 0.2) is 0 Å². The minimum Gasteiger partial charge on any atom is -0.480 e. The number of rotatable bonds is 4. The van der Waals surface area contributed by atoms with Crippen molar-refractivity contribution in [3.05, 3.63) is 0 Å². The minimum atomic E-state index is -0.786. The van der Waals surface area contributed by atoms with Gasteiger partial charge in [0.05, 0.1) is 6.10 Å². The second-order valence-electron chi connectivity index (χ2n) is 3.82. The van der Waals surface area contributed by atoms with Crippen LogP contribution in [0.3, 0.4) is 0 Å². The lowest BCUT2D eigenvalue weighted by Gasteiger charge is -2.26. The van der Waals surface area contributed by atoms with E-state index in [2.05, 4.69) is 5.32 Å². The van der Waals surface area contributed by atoms with Gasteiger partial charge in [-0.2, -0.15) is 0 Å². The molecule has 4 heteroatoms. The maximum atomic E-state index is 11.0. The smallest absolute Gasteiger partial charge is 0.323 e. The quantitative estimate of drug-likeness (QED) is 0.594. The highest BCUT2D eigenvalue weighted by molar-refractivity contribution is 5.79. The number of β-amino-alcohol motifs (C(OH)–C–C–N with tert-alkyl or cyclic N) is 1. The van der Waals surface area contributed by atoms with E-state index in [0.717, 1.165) is 12.8 Å². The maximum Gasteiger partial charge on any atom is 0.323 e. The fourth-order valence-corrected chi connectivity index (χ4v) is 1.79. The molecule has 0 saturated heterocycles. The first-order valence-corrected chi connectivity index (χ1v) is 4.73. The third-order valence-corrected chi connectivity index (χ3v) is 2.60. The molecule has 0 aromatic heterocycles. The number of aliphatic hydroxyl groups is 1. The molecular formula is C9H17NO3. The monoisotopic (exact) mass is 187 g/mol. The minimum absolute atomic E-state index is 0.353. The van der Waals surface area contributed by atoms with Crippen LogP contribution in [0.4, 0.5) is 0 Å². The SMILES string of the molecule is CC(O)CNC1(C(=O)O)CCCC1. The zero-order valence-electron chi connectivity index (χ0n) is 7.92. The number of aliphatic carboxylic acids is 1. The average Bonchev–Trinajstić information content (AvgIpc) is 2.50. The summed E-state index contributed by atoms with van der Waals surface area (Å²) in [6.07, 6.45) is 2.78. The van der Waals surface area contributed by atoms with Gasteiger partial charge in [-0.3, -0.25) is 10.1 Å². The number of hydrogen-bond acceptors (Lipinski definition) is 3. The van der Waals surface area contributed by atoms with Gasteiger partial charge in [0.25, 0.3) is 0 Å². The summed E-state index contributed by atoms with van der Waals surface area (Å²) in [4.78, 5) is 11.0. The van der Waals surface area contributed by atoms with Crippen LogP contribution in [0.15, 0.2) is 0 Å². The average molecular weight is 187 g/mol. The van der Waals surface area contributed by atoms with E-state index in [9.17, 15) is 4.79 Å². The maximum absolute atomic E-state index is 11.0. The molecule has 1 unspecified atom stereocenters. The molecule has 0 aromatic rings. The Bertz CT molecular complexity index is 185. The van der Waals surface area contributed by atoms with Gasteiger partial charge in [0.1, 0.15) is 5.54 Å². The van der Waals surface area contributed by atoms with E-state index in [1.807, 2.05) is 0 Å². The Morgan fingerprint density at radius 3 is 2.46 bits per heavy atom. The fourth-order valence-electron chi connectivity index (χ4n) is 1.79. The molecule has 3 N–H and O–H groups in total. The summed E-state index contributed by atoms with van der Waals surface area (Å²) in [5.74, 6) is -0.786. The van der Waals surface area contributed by atoms with Gasteiger partial charge in [-0.25, -0.2) is 0 Å². The zero-order valence-corrected chi connectivity index (χ0v) is 7.92. The normalized spacial score (nSPS) is 22.9. The zero-order chi connectivity index (χ0) is 9.90. The summed E-state index contributed by atoms with van der Waals surface area (Å²) < 4.78 is 0. The Balaban J connectivity index is 2.52. The summed E-state index contributed by atoms with van der Waals surface area (Å²) in [6, 6.07) is 0. The van der Waals surface area contributed by atoms with E-state index < -0.39 is 17.6 Å². The number of hydrogen-bond donors (Lipinski definition) is 3.